The van der Waals surface area contributed by atoms with Crippen molar-refractivity contribution in [2.75, 3.05) is 0 Å². The maximum Gasteiger partial charge on any atom is 0.307 e. The molecule has 110 valence electrons. The molecule has 0 saturated carbocycles. The van der Waals surface area contributed by atoms with Gasteiger partial charge in [0.1, 0.15) is 0 Å². The Morgan fingerprint density at radius 3 is 2.29 bits per heavy atom. The van der Waals surface area contributed by atoms with Gasteiger partial charge in [0.05, 0.1) is 17.1 Å². The van der Waals surface area contributed by atoms with Gasteiger partial charge in [0, 0.05) is 4.47 Å². The van der Waals surface area contributed by atoms with Crippen molar-refractivity contribution in [3.63, 3.8) is 0 Å². The summed E-state index contributed by atoms with van der Waals surface area (Å²) >= 11 is 3.31. The van der Waals surface area contributed by atoms with E-state index in [9.17, 15) is 13.2 Å². The van der Waals surface area contributed by atoms with Crippen LogP contribution in [0.4, 0.5) is 0 Å². The highest BCUT2D eigenvalue weighted by molar-refractivity contribution is 9.10. The Labute approximate surface area is 131 Å². The summed E-state index contributed by atoms with van der Waals surface area (Å²) in [5.41, 5.74) is 1.27. The molecule has 0 aliphatic heterocycles. The van der Waals surface area contributed by atoms with E-state index in [4.69, 9.17) is 5.11 Å². The summed E-state index contributed by atoms with van der Waals surface area (Å²) in [4.78, 5) is 10.8. The Hall–Kier alpha value is -1.66. The first-order valence-corrected chi connectivity index (χ1v) is 8.59. The number of carbonyl (C=O) groups is 1. The fourth-order valence-corrected chi connectivity index (χ4v) is 3.70. The number of halogens is 1. The number of sulfone groups is 1. The molecule has 1 N–H and O–H groups in total. The summed E-state index contributed by atoms with van der Waals surface area (Å²) in [6.07, 6.45) is -0.119. The normalized spacial score (nSPS) is 11.3. The summed E-state index contributed by atoms with van der Waals surface area (Å²) in [5.74, 6) is -1.04. The fourth-order valence-electron chi connectivity index (χ4n) is 1.92. The summed E-state index contributed by atoms with van der Waals surface area (Å²) in [5, 5.41) is 8.69. The van der Waals surface area contributed by atoms with Crippen LogP contribution < -0.4 is 0 Å². The average molecular weight is 369 g/mol. The molecule has 0 spiro atoms. The van der Waals surface area contributed by atoms with Crippen LogP contribution in [-0.2, 0) is 26.8 Å². The predicted molar refractivity (Wildman–Crippen MR) is 82.8 cm³/mol. The van der Waals surface area contributed by atoms with E-state index < -0.39 is 15.8 Å². The number of benzene rings is 2. The molecule has 6 heteroatoms. The first-order chi connectivity index (χ1) is 9.87. The highest BCUT2D eigenvalue weighted by Crippen LogP contribution is 2.19. The van der Waals surface area contributed by atoms with Gasteiger partial charge in [-0.3, -0.25) is 4.79 Å². The van der Waals surface area contributed by atoms with Crippen LogP contribution >= 0.6 is 15.9 Å². The summed E-state index contributed by atoms with van der Waals surface area (Å²) in [6.45, 7) is 0. The lowest BCUT2D eigenvalue weighted by molar-refractivity contribution is -0.136. The Kier molecular flexibility index (Phi) is 4.80. The highest BCUT2D eigenvalue weighted by atomic mass is 79.9. The Bertz CT molecular complexity index is 751. The van der Waals surface area contributed by atoms with Crippen LogP contribution in [0, 0.1) is 0 Å². The fraction of sp³-hybridized carbons (Fsp3) is 0.133. The smallest absolute Gasteiger partial charge is 0.307 e. The van der Waals surface area contributed by atoms with E-state index in [0.29, 0.717) is 11.1 Å². The third-order valence-electron chi connectivity index (χ3n) is 2.88. The largest absolute Gasteiger partial charge is 0.481 e. The van der Waals surface area contributed by atoms with Crippen LogP contribution in [0.1, 0.15) is 11.1 Å². The first kappa shape index (κ1) is 15.7. The molecule has 0 aromatic heterocycles. The molecular weight excluding hydrogens is 356 g/mol. The minimum atomic E-state index is -3.44. The van der Waals surface area contributed by atoms with Gasteiger partial charge in [-0.2, -0.15) is 0 Å². The van der Waals surface area contributed by atoms with Crippen molar-refractivity contribution in [2.24, 2.45) is 0 Å². The molecule has 0 aliphatic rings. The van der Waals surface area contributed by atoms with Crippen molar-refractivity contribution in [1.82, 2.24) is 0 Å². The van der Waals surface area contributed by atoms with Crippen LogP contribution in [0.3, 0.4) is 0 Å². The van der Waals surface area contributed by atoms with E-state index in [2.05, 4.69) is 15.9 Å². The molecule has 2 aromatic rings. The molecule has 0 amide bonds. The van der Waals surface area contributed by atoms with Crippen LogP contribution in [0.2, 0.25) is 0 Å². The second kappa shape index (κ2) is 6.41. The van der Waals surface area contributed by atoms with Crippen LogP contribution in [0.15, 0.2) is 57.9 Å². The van der Waals surface area contributed by atoms with Gasteiger partial charge in [0.25, 0.3) is 0 Å². The summed E-state index contributed by atoms with van der Waals surface area (Å²) in [6, 6.07) is 13.1. The van der Waals surface area contributed by atoms with E-state index in [0.717, 1.165) is 4.47 Å². The molecular formula is C15H13BrO4S. The third-order valence-corrected chi connectivity index (χ3v) is 5.08. The van der Waals surface area contributed by atoms with Crippen LogP contribution in [0.25, 0.3) is 0 Å². The number of aliphatic carboxylic acids is 1. The molecule has 0 unspecified atom stereocenters. The lowest BCUT2D eigenvalue weighted by atomic mass is 10.2. The molecule has 0 bridgehead atoms. The molecule has 4 nitrogen and oxygen atoms in total. The van der Waals surface area contributed by atoms with E-state index in [1.807, 2.05) is 6.07 Å². The van der Waals surface area contributed by atoms with Gasteiger partial charge in [-0.25, -0.2) is 8.42 Å². The minimum Gasteiger partial charge on any atom is -0.481 e. The minimum absolute atomic E-state index is 0.0925. The summed E-state index contributed by atoms with van der Waals surface area (Å²) < 4.78 is 25.5. The van der Waals surface area contributed by atoms with E-state index in [1.54, 1.807) is 18.2 Å². The molecule has 21 heavy (non-hydrogen) atoms. The van der Waals surface area contributed by atoms with Crippen molar-refractivity contribution in [1.29, 1.82) is 0 Å². The molecule has 0 fully saturated rings. The Balaban J connectivity index is 2.21. The Morgan fingerprint density at radius 2 is 1.71 bits per heavy atom. The predicted octanol–water partition coefficient (Wildman–Crippen LogP) is 3.05. The van der Waals surface area contributed by atoms with Crippen molar-refractivity contribution in [3.05, 3.63) is 64.1 Å². The molecule has 2 rings (SSSR count). The zero-order valence-electron chi connectivity index (χ0n) is 11.0. The monoisotopic (exact) mass is 368 g/mol. The number of carboxylic acids is 1. The zero-order valence-corrected chi connectivity index (χ0v) is 13.4. The van der Waals surface area contributed by atoms with Gasteiger partial charge in [0.2, 0.25) is 0 Å². The van der Waals surface area contributed by atoms with E-state index in [1.165, 1.54) is 24.3 Å². The van der Waals surface area contributed by atoms with E-state index in [-0.39, 0.29) is 17.1 Å². The van der Waals surface area contributed by atoms with Crippen LogP contribution in [-0.4, -0.2) is 19.5 Å². The number of hydrogen-bond donors (Lipinski definition) is 1. The SMILES string of the molecule is O=C(O)Cc1ccc(S(=O)(=O)Cc2cccc(Br)c2)cc1. The zero-order chi connectivity index (χ0) is 15.5. The van der Waals surface area contributed by atoms with Crippen molar-refractivity contribution in [3.8, 4) is 0 Å². The van der Waals surface area contributed by atoms with Gasteiger partial charge in [0.15, 0.2) is 9.84 Å². The molecule has 2 aromatic carbocycles. The topological polar surface area (TPSA) is 71.4 Å². The van der Waals surface area contributed by atoms with Gasteiger partial charge in [-0.1, -0.05) is 40.2 Å². The second-order valence-electron chi connectivity index (χ2n) is 4.60. The molecule has 0 saturated heterocycles. The molecule has 0 heterocycles. The van der Waals surface area contributed by atoms with Crippen LogP contribution in [0.5, 0.6) is 0 Å². The second-order valence-corrected chi connectivity index (χ2v) is 7.51. The molecule has 0 aliphatic carbocycles. The highest BCUT2D eigenvalue weighted by Gasteiger charge is 2.15. The lowest BCUT2D eigenvalue weighted by Crippen LogP contribution is -2.06. The van der Waals surface area contributed by atoms with Gasteiger partial charge in [-0.15, -0.1) is 0 Å². The molecule has 0 atom stereocenters. The van der Waals surface area contributed by atoms with Gasteiger partial charge < -0.3 is 5.11 Å². The average Bonchev–Trinajstić information content (AvgIpc) is 2.38. The quantitative estimate of drug-likeness (QED) is 0.880. The molecule has 0 radical (unpaired) electrons. The maximum absolute atomic E-state index is 12.3. The van der Waals surface area contributed by atoms with Crippen molar-refractivity contribution >= 4 is 31.7 Å². The Morgan fingerprint density at radius 1 is 1.05 bits per heavy atom. The van der Waals surface area contributed by atoms with Crippen molar-refractivity contribution < 1.29 is 18.3 Å². The number of carboxylic acid groups (broad SMARTS) is 1. The number of rotatable bonds is 5. The van der Waals surface area contributed by atoms with E-state index >= 15 is 0 Å². The van der Waals surface area contributed by atoms with Gasteiger partial charge >= 0.3 is 5.97 Å². The lowest BCUT2D eigenvalue weighted by Gasteiger charge is -2.06. The third kappa shape index (κ3) is 4.41. The maximum atomic E-state index is 12.3. The number of hydrogen-bond acceptors (Lipinski definition) is 3. The summed E-state index contributed by atoms with van der Waals surface area (Å²) in [7, 11) is -3.44. The van der Waals surface area contributed by atoms with Crippen molar-refractivity contribution in [2.45, 2.75) is 17.1 Å². The standard InChI is InChI=1S/C15H13BrO4S/c16-13-3-1-2-12(8-13)10-21(19,20)14-6-4-11(5-7-14)9-15(17)18/h1-8H,9-10H2,(H,17,18). The first-order valence-electron chi connectivity index (χ1n) is 6.15. The van der Waals surface area contributed by atoms with Gasteiger partial charge in [-0.05, 0) is 35.4 Å².